The molecule has 2 aromatic heterocycles. The second kappa shape index (κ2) is 8.15. The second-order valence-corrected chi connectivity index (χ2v) is 5.45. The number of rotatable bonds is 6. The van der Waals surface area contributed by atoms with E-state index in [0.717, 1.165) is 17.7 Å². The zero-order chi connectivity index (χ0) is 18.4. The lowest BCUT2D eigenvalue weighted by Crippen LogP contribution is -2.24. The first-order valence-electron chi connectivity index (χ1n) is 7.84. The molecule has 0 aliphatic rings. The first-order chi connectivity index (χ1) is 12.6. The SMILES string of the molecule is O=C(Cc1ccncc1)NCc1cccnc1Oc1ccc(F)c(F)c1. The van der Waals surface area contributed by atoms with Gasteiger partial charge in [-0.25, -0.2) is 13.8 Å². The van der Waals surface area contributed by atoms with Crippen molar-refractivity contribution in [3.8, 4) is 11.6 Å². The zero-order valence-corrected chi connectivity index (χ0v) is 13.7. The number of carbonyl (C=O) groups is 1. The van der Waals surface area contributed by atoms with Gasteiger partial charge in [-0.1, -0.05) is 6.07 Å². The number of carbonyl (C=O) groups excluding carboxylic acids is 1. The first kappa shape index (κ1) is 17.5. The van der Waals surface area contributed by atoms with E-state index in [1.807, 2.05) is 0 Å². The summed E-state index contributed by atoms with van der Waals surface area (Å²) in [6.45, 7) is 0.191. The van der Waals surface area contributed by atoms with Crippen molar-refractivity contribution in [2.75, 3.05) is 0 Å². The van der Waals surface area contributed by atoms with Crippen LogP contribution in [0.5, 0.6) is 11.6 Å². The lowest BCUT2D eigenvalue weighted by molar-refractivity contribution is -0.120. The Labute approximate surface area is 148 Å². The Balaban J connectivity index is 1.65. The summed E-state index contributed by atoms with van der Waals surface area (Å²) in [4.78, 5) is 20.0. The molecule has 0 aliphatic carbocycles. The Bertz CT molecular complexity index is 904. The van der Waals surface area contributed by atoms with E-state index in [0.29, 0.717) is 5.56 Å². The average Bonchev–Trinajstić information content (AvgIpc) is 2.65. The number of hydrogen-bond donors (Lipinski definition) is 1. The van der Waals surface area contributed by atoms with Crippen LogP contribution in [0.15, 0.2) is 61.1 Å². The Kier molecular flexibility index (Phi) is 5.48. The Morgan fingerprint density at radius 3 is 2.62 bits per heavy atom. The molecule has 5 nitrogen and oxygen atoms in total. The lowest BCUT2D eigenvalue weighted by Gasteiger charge is -2.11. The maximum atomic E-state index is 13.3. The van der Waals surface area contributed by atoms with E-state index >= 15 is 0 Å². The fourth-order valence-corrected chi connectivity index (χ4v) is 2.24. The second-order valence-electron chi connectivity index (χ2n) is 5.45. The predicted molar refractivity (Wildman–Crippen MR) is 90.5 cm³/mol. The van der Waals surface area contributed by atoms with Gasteiger partial charge in [0, 0.05) is 36.8 Å². The van der Waals surface area contributed by atoms with Crippen molar-refractivity contribution in [1.82, 2.24) is 15.3 Å². The normalized spacial score (nSPS) is 10.4. The van der Waals surface area contributed by atoms with Crippen LogP contribution >= 0.6 is 0 Å². The molecule has 0 fully saturated rings. The van der Waals surface area contributed by atoms with Gasteiger partial charge < -0.3 is 10.1 Å². The summed E-state index contributed by atoms with van der Waals surface area (Å²) in [5.41, 5.74) is 1.46. The van der Waals surface area contributed by atoms with Crippen molar-refractivity contribution in [1.29, 1.82) is 0 Å². The van der Waals surface area contributed by atoms with Crippen LogP contribution in [0.1, 0.15) is 11.1 Å². The number of nitrogens with one attached hydrogen (secondary N) is 1. The summed E-state index contributed by atoms with van der Waals surface area (Å²) in [6.07, 6.45) is 4.98. The average molecular weight is 355 g/mol. The molecule has 0 saturated carbocycles. The monoisotopic (exact) mass is 355 g/mol. The number of ether oxygens (including phenoxy) is 1. The van der Waals surface area contributed by atoms with Gasteiger partial charge in [0.15, 0.2) is 11.6 Å². The largest absolute Gasteiger partial charge is 0.439 e. The molecule has 0 saturated heterocycles. The van der Waals surface area contributed by atoms with Crippen molar-refractivity contribution < 1.29 is 18.3 Å². The van der Waals surface area contributed by atoms with Gasteiger partial charge in [0.05, 0.1) is 6.42 Å². The number of aromatic nitrogens is 2. The fourth-order valence-electron chi connectivity index (χ4n) is 2.24. The van der Waals surface area contributed by atoms with E-state index in [-0.39, 0.29) is 30.5 Å². The summed E-state index contributed by atoms with van der Waals surface area (Å²) in [7, 11) is 0. The van der Waals surface area contributed by atoms with Gasteiger partial charge >= 0.3 is 0 Å². The van der Waals surface area contributed by atoms with Crippen LogP contribution in [-0.4, -0.2) is 15.9 Å². The third kappa shape index (κ3) is 4.60. The number of nitrogens with zero attached hydrogens (tertiary/aromatic N) is 2. The number of halogens is 2. The molecule has 0 bridgehead atoms. The summed E-state index contributed by atoms with van der Waals surface area (Å²) < 4.78 is 31.8. The maximum absolute atomic E-state index is 13.3. The third-order valence-corrected chi connectivity index (χ3v) is 3.55. The molecule has 0 aliphatic heterocycles. The molecule has 26 heavy (non-hydrogen) atoms. The lowest BCUT2D eigenvalue weighted by atomic mass is 10.2. The summed E-state index contributed by atoms with van der Waals surface area (Å²) in [5, 5.41) is 2.78. The van der Waals surface area contributed by atoms with Crippen LogP contribution in [0, 0.1) is 11.6 Å². The third-order valence-electron chi connectivity index (χ3n) is 3.55. The highest BCUT2D eigenvalue weighted by Gasteiger charge is 2.10. The van der Waals surface area contributed by atoms with E-state index in [2.05, 4.69) is 15.3 Å². The summed E-state index contributed by atoms with van der Waals surface area (Å²) in [5.74, 6) is -1.80. The molecule has 0 atom stereocenters. The smallest absolute Gasteiger partial charge is 0.224 e. The molecule has 1 aromatic carbocycles. The minimum atomic E-state index is -1.01. The molecule has 1 amide bonds. The van der Waals surface area contributed by atoms with Gasteiger partial charge in [-0.2, -0.15) is 0 Å². The summed E-state index contributed by atoms with van der Waals surface area (Å²) >= 11 is 0. The fraction of sp³-hybridized carbons (Fsp3) is 0.105. The molecule has 0 unspecified atom stereocenters. The summed E-state index contributed by atoms with van der Waals surface area (Å²) in [6, 6.07) is 10.2. The van der Waals surface area contributed by atoms with E-state index in [1.54, 1.807) is 36.7 Å². The number of hydrogen-bond acceptors (Lipinski definition) is 4. The van der Waals surface area contributed by atoms with Crippen molar-refractivity contribution in [2.24, 2.45) is 0 Å². The van der Waals surface area contributed by atoms with E-state index in [9.17, 15) is 13.6 Å². The number of amides is 1. The van der Waals surface area contributed by atoms with Crippen LogP contribution in [0.25, 0.3) is 0 Å². The van der Waals surface area contributed by atoms with Crippen LogP contribution in [0.2, 0.25) is 0 Å². The van der Waals surface area contributed by atoms with Crippen molar-refractivity contribution in [2.45, 2.75) is 13.0 Å². The number of benzene rings is 1. The highest BCUT2D eigenvalue weighted by Crippen LogP contribution is 2.24. The van der Waals surface area contributed by atoms with Crippen LogP contribution in [0.3, 0.4) is 0 Å². The topological polar surface area (TPSA) is 64.1 Å². The predicted octanol–water partition coefficient (Wildman–Crippen LogP) is 3.41. The van der Waals surface area contributed by atoms with Gasteiger partial charge in [0.25, 0.3) is 0 Å². The van der Waals surface area contributed by atoms with Gasteiger partial charge in [-0.15, -0.1) is 0 Å². The highest BCUT2D eigenvalue weighted by molar-refractivity contribution is 5.78. The zero-order valence-electron chi connectivity index (χ0n) is 13.7. The molecule has 0 radical (unpaired) electrons. The minimum absolute atomic E-state index is 0.118. The highest BCUT2D eigenvalue weighted by atomic mass is 19.2. The van der Waals surface area contributed by atoms with Gasteiger partial charge in [0.1, 0.15) is 5.75 Å². The van der Waals surface area contributed by atoms with E-state index in [4.69, 9.17) is 4.74 Å². The van der Waals surface area contributed by atoms with E-state index < -0.39 is 11.6 Å². The molecule has 3 rings (SSSR count). The molecular weight excluding hydrogens is 340 g/mol. The first-order valence-corrected chi connectivity index (χ1v) is 7.84. The van der Waals surface area contributed by atoms with Crippen LogP contribution in [-0.2, 0) is 17.8 Å². The molecule has 132 valence electrons. The molecule has 7 heteroatoms. The van der Waals surface area contributed by atoms with Crippen molar-refractivity contribution in [3.63, 3.8) is 0 Å². The van der Waals surface area contributed by atoms with Crippen molar-refractivity contribution in [3.05, 3.63) is 83.8 Å². The van der Waals surface area contributed by atoms with Gasteiger partial charge in [0.2, 0.25) is 11.8 Å². The molecule has 3 aromatic rings. The molecule has 1 N–H and O–H groups in total. The number of pyridine rings is 2. The maximum Gasteiger partial charge on any atom is 0.224 e. The Morgan fingerprint density at radius 1 is 1.04 bits per heavy atom. The van der Waals surface area contributed by atoms with Crippen LogP contribution < -0.4 is 10.1 Å². The molecule has 0 spiro atoms. The van der Waals surface area contributed by atoms with Crippen LogP contribution in [0.4, 0.5) is 8.78 Å². The Hall–Kier alpha value is -3.35. The quantitative estimate of drug-likeness (QED) is 0.736. The Morgan fingerprint density at radius 2 is 1.85 bits per heavy atom. The van der Waals surface area contributed by atoms with E-state index in [1.165, 1.54) is 12.3 Å². The molecular formula is C19H15F2N3O2. The minimum Gasteiger partial charge on any atom is -0.439 e. The van der Waals surface area contributed by atoms with Crippen molar-refractivity contribution >= 4 is 5.91 Å². The standard InChI is InChI=1S/C19H15F2N3O2/c20-16-4-3-15(11-17(16)21)26-19-14(2-1-7-23-19)12-24-18(25)10-13-5-8-22-9-6-13/h1-9,11H,10,12H2,(H,24,25). The van der Waals surface area contributed by atoms with Gasteiger partial charge in [-0.05, 0) is 35.9 Å². The molecule has 2 heterocycles. The van der Waals surface area contributed by atoms with Gasteiger partial charge in [-0.3, -0.25) is 9.78 Å².